The van der Waals surface area contributed by atoms with Crippen LogP contribution in [0, 0.1) is 5.92 Å². The van der Waals surface area contributed by atoms with Crippen molar-refractivity contribution in [3.63, 3.8) is 0 Å². The van der Waals surface area contributed by atoms with Crippen molar-refractivity contribution in [2.45, 2.75) is 32.0 Å². The first-order chi connectivity index (χ1) is 9.99. The first-order valence-corrected chi connectivity index (χ1v) is 8.52. The van der Waals surface area contributed by atoms with Crippen molar-refractivity contribution in [2.75, 3.05) is 11.6 Å². The van der Waals surface area contributed by atoms with Crippen LogP contribution in [0.2, 0.25) is 0 Å². The second-order valence-electron chi connectivity index (χ2n) is 5.04. The molecule has 1 atom stereocenters. The SMILES string of the molecule is CC(C)[C@@H](C)NC(=O)CSc1nnc(-c2cccs2)n1N. The summed E-state index contributed by atoms with van der Waals surface area (Å²) in [6.07, 6.45) is 0. The van der Waals surface area contributed by atoms with Gasteiger partial charge in [-0.25, -0.2) is 4.68 Å². The van der Waals surface area contributed by atoms with Gasteiger partial charge in [0.15, 0.2) is 5.82 Å². The van der Waals surface area contributed by atoms with E-state index in [1.807, 2.05) is 24.4 Å². The minimum absolute atomic E-state index is 0.0260. The van der Waals surface area contributed by atoms with Gasteiger partial charge in [-0.1, -0.05) is 31.7 Å². The number of thioether (sulfide) groups is 1. The zero-order valence-electron chi connectivity index (χ0n) is 12.2. The summed E-state index contributed by atoms with van der Waals surface area (Å²) >= 11 is 2.83. The summed E-state index contributed by atoms with van der Waals surface area (Å²) in [7, 11) is 0. The number of carbonyl (C=O) groups excluding carboxylic acids is 1. The zero-order valence-corrected chi connectivity index (χ0v) is 13.9. The Bertz CT molecular complexity index is 594. The molecular formula is C13H19N5OS2. The Balaban J connectivity index is 1.94. The Morgan fingerprint density at radius 2 is 2.24 bits per heavy atom. The molecule has 2 rings (SSSR count). The zero-order chi connectivity index (χ0) is 15.4. The van der Waals surface area contributed by atoms with Crippen molar-refractivity contribution >= 4 is 29.0 Å². The van der Waals surface area contributed by atoms with E-state index < -0.39 is 0 Å². The molecular weight excluding hydrogens is 306 g/mol. The van der Waals surface area contributed by atoms with Crippen LogP contribution < -0.4 is 11.2 Å². The summed E-state index contributed by atoms with van der Waals surface area (Å²) in [5.41, 5.74) is 0. The molecule has 1 amide bonds. The maximum Gasteiger partial charge on any atom is 0.230 e. The molecule has 2 aromatic rings. The summed E-state index contributed by atoms with van der Waals surface area (Å²) in [5, 5.41) is 13.5. The van der Waals surface area contributed by atoms with Crippen LogP contribution in [0.4, 0.5) is 0 Å². The number of nitrogen functional groups attached to an aromatic ring is 1. The standard InChI is InChI=1S/C13H19N5OS2/c1-8(2)9(3)15-11(19)7-21-13-17-16-12(18(13)14)10-5-4-6-20-10/h4-6,8-9H,7,14H2,1-3H3,(H,15,19)/t9-/m1/s1. The van der Waals surface area contributed by atoms with E-state index in [-0.39, 0.29) is 17.7 Å². The van der Waals surface area contributed by atoms with E-state index in [4.69, 9.17) is 5.84 Å². The first kappa shape index (κ1) is 15.8. The third kappa shape index (κ3) is 3.98. The number of carbonyl (C=O) groups is 1. The second kappa shape index (κ2) is 6.95. The summed E-state index contributed by atoms with van der Waals surface area (Å²) in [6, 6.07) is 4.02. The van der Waals surface area contributed by atoms with E-state index in [0.29, 0.717) is 16.9 Å². The average Bonchev–Trinajstić information content (AvgIpc) is 3.05. The van der Waals surface area contributed by atoms with Gasteiger partial charge in [0.1, 0.15) is 0 Å². The van der Waals surface area contributed by atoms with Crippen molar-refractivity contribution in [1.82, 2.24) is 20.2 Å². The van der Waals surface area contributed by atoms with E-state index >= 15 is 0 Å². The van der Waals surface area contributed by atoms with Gasteiger partial charge in [0.2, 0.25) is 11.1 Å². The molecule has 0 fully saturated rings. The monoisotopic (exact) mass is 325 g/mol. The Labute approximate surface area is 132 Å². The lowest BCUT2D eigenvalue weighted by Gasteiger charge is -2.16. The Kier molecular flexibility index (Phi) is 5.24. The van der Waals surface area contributed by atoms with Gasteiger partial charge in [-0.2, -0.15) is 0 Å². The second-order valence-corrected chi connectivity index (χ2v) is 6.93. The fourth-order valence-electron chi connectivity index (χ4n) is 1.54. The Morgan fingerprint density at radius 3 is 2.86 bits per heavy atom. The number of nitrogens with zero attached hydrogens (tertiary/aromatic N) is 3. The van der Waals surface area contributed by atoms with Crippen LogP contribution in [-0.2, 0) is 4.79 Å². The van der Waals surface area contributed by atoms with Crippen LogP contribution in [0.25, 0.3) is 10.7 Å². The van der Waals surface area contributed by atoms with Gasteiger partial charge in [0, 0.05) is 6.04 Å². The third-order valence-electron chi connectivity index (χ3n) is 3.13. The molecule has 2 aromatic heterocycles. The molecule has 0 bridgehead atoms. The van der Waals surface area contributed by atoms with E-state index in [2.05, 4.69) is 29.4 Å². The quantitative estimate of drug-likeness (QED) is 0.626. The van der Waals surface area contributed by atoms with Gasteiger partial charge in [-0.05, 0) is 24.3 Å². The van der Waals surface area contributed by atoms with Crippen molar-refractivity contribution in [3.8, 4) is 10.7 Å². The molecule has 0 radical (unpaired) electrons. The molecule has 0 unspecified atom stereocenters. The Hall–Kier alpha value is -1.54. The number of amides is 1. The molecule has 0 aliphatic carbocycles. The molecule has 0 spiro atoms. The molecule has 0 saturated heterocycles. The molecule has 2 heterocycles. The minimum Gasteiger partial charge on any atom is -0.353 e. The number of nitrogens with one attached hydrogen (secondary N) is 1. The first-order valence-electron chi connectivity index (χ1n) is 6.65. The third-order valence-corrected chi connectivity index (χ3v) is 4.94. The van der Waals surface area contributed by atoms with Gasteiger partial charge < -0.3 is 11.2 Å². The number of rotatable bonds is 6. The summed E-state index contributed by atoms with van der Waals surface area (Å²) < 4.78 is 1.43. The van der Waals surface area contributed by atoms with Gasteiger partial charge in [0.25, 0.3) is 0 Å². The maximum absolute atomic E-state index is 11.8. The fraction of sp³-hybridized carbons (Fsp3) is 0.462. The number of hydrogen-bond donors (Lipinski definition) is 2. The summed E-state index contributed by atoms with van der Waals surface area (Å²) in [4.78, 5) is 12.8. The van der Waals surface area contributed by atoms with Crippen molar-refractivity contribution in [2.24, 2.45) is 5.92 Å². The van der Waals surface area contributed by atoms with E-state index in [9.17, 15) is 4.79 Å². The molecule has 0 aromatic carbocycles. The smallest absolute Gasteiger partial charge is 0.230 e. The van der Waals surface area contributed by atoms with Gasteiger partial charge in [-0.3, -0.25) is 4.79 Å². The lowest BCUT2D eigenvalue weighted by Crippen LogP contribution is -2.37. The highest BCUT2D eigenvalue weighted by Crippen LogP contribution is 2.24. The predicted molar refractivity (Wildman–Crippen MR) is 86.7 cm³/mol. The van der Waals surface area contributed by atoms with Crippen LogP contribution in [0.3, 0.4) is 0 Å². The van der Waals surface area contributed by atoms with Crippen molar-refractivity contribution < 1.29 is 4.79 Å². The largest absolute Gasteiger partial charge is 0.353 e. The number of hydrogen-bond acceptors (Lipinski definition) is 6. The fourth-order valence-corrected chi connectivity index (χ4v) is 2.91. The van der Waals surface area contributed by atoms with Gasteiger partial charge in [-0.15, -0.1) is 21.5 Å². The molecule has 0 saturated carbocycles. The van der Waals surface area contributed by atoms with Crippen LogP contribution in [-0.4, -0.2) is 32.6 Å². The molecule has 114 valence electrons. The van der Waals surface area contributed by atoms with Crippen molar-refractivity contribution in [3.05, 3.63) is 17.5 Å². The van der Waals surface area contributed by atoms with Crippen LogP contribution in [0.15, 0.2) is 22.7 Å². The van der Waals surface area contributed by atoms with Crippen LogP contribution in [0.5, 0.6) is 0 Å². The van der Waals surface area contributed by atoms with E-state index in [1.54, 1.807) is 11.3 Å². The molecule has 0 aliphatic rings. The van der Waals surface area contributed by atoms with E-state index in [1.165, 1.54) is 16.4 Å². The maximum atomic E-state index is 11.8. The number of thiophene rings is 1. The number of nitrogens with two attached hydrogens (primary N) is 1. The van der Waals surface area contributed by atoms with Gasteiger partial charge >= 0.3 is 0 Å². The molecule has 0 aliphatic heterocycles. The molecule has 8 heteroatoms. The predicted octanol–water partition coefficient (Wildman–Crippen LogP) is 1.97. The average molecular weight is 325 g/mol. The highest BCUT2D eigenvalue weighted by atomic mass is 32.2. The van der Waals surface area contributed by atoms with Crippen LogP contribution in [0.1, 0.15) is 20.8 Å². The van der Waals surface area contributed by atoms with Crippen LogP contribution >= 0.6 is 23.1 Å². The molecule has 3 N–H and O–H groups in total. The normalized spacial score (nSPS) is 12.6. The topological polar surface area (TPSA) is 85.8 Å². The lowest BCUT2D eigenvalue weighted by atomic mass is 10.1. The van der Waals surface area contributed by atoms with Gasteiger partial charge in [0.05, 0.1) is 10.6 Å². The summed E-state index contributed by atoms with van der Waals surface area (Å²) in [5.74, 6) is 7.24. The van der Waals surface area contributed by atoms with Crippen molar-refractivity contribution in [1.29, 1.82) is 0 Å². The van der Waals surface area contributed by atoms with E-state index in [0.717, 1.165) is 4.88 Å². The minimum atomic E-state index is -0.0260. The highest BCUT2D eigenvalue weighted by Gasteiger charge is 2.15. The number of aromatic nitrogens is 3. The Morgan fingerprint density at radius 1 is 1.48 bits per heavy atom. The lowest BCUT2D eigenvalue weighted by molar-refractivity contribution is -0.119. The summed E-state index contributed by atoms with van der Waals surface area (Å²) in [6.45, 7) is 6.14. The molecule has 21 heavy (non-hydrogen) atoms. The molecule has 6 nitrogen and oxygen atoms in total. The highest BCUT2D eigenvalue weighted by molar-refractivity contribution is 7.99.